The van der Waals surface area contributed by atoms with Crippen molar-refractivity contribution < 1.29 is 54.8 Å². The molecule has 0 spiro atoms. The van der Waals surface area contributed by atoms with Crippen LogP contribution in [0.25, 0.3) is 0 Å². The SMILES string of the molecule is CC=CCN(C(=O)N(CCCl)N=O)C1O[C@H](CO)[C@@H](O[C@H]2O[C@H](CO)[C@@H](O)[C@H](O)[C@H]2O)[C@H](O)[C@H]1O. The number of hydrogen-bond donors (Lipinski definition) is 7. The quantitative estimate of drug-likeness (QED) is 0.0644. The molecule has 7 N–H and O–H groups in total. The summed E-state index contributed by atoms with van der Waals surface area (Å²) in [4.78, 5) is 24.9. The summed E-state index contributed by atoms with van der Waals surface area (Å²) in [6.07, 6.45) is -13.3. The first-order chi connectivity index (χ1) is 16.7. The van der Waals surface area contributed by atoms with E-state index >= 15 is 0 Å². The van der Waals surface area contributed by atoms with E-state index in [0.29, 0.717) is 5.01 Å². The van der Waals surface area contributed by atoms with Gasteiger partial charge in [-0.15, -0.1) is 16.5 Å². The van der Waals surface area contributed by atoms with Crippen molar-refractivity contribution in [1.29, 1.82) is 0 Å². The molecule has 35 heavy (non-hydrogen) atoms. The maximum absolute atomic E-state index is 12.9. The summed E-state index contributed by atoms with van der Waals surface area (Å²) < 4.78 is 16.4. The Morgan fingerprint density at radius 3 is 2.20 bits per heavy atom. The van der Waals surface area contributed by atoms with Gasteiger partial charge in [0.2, 0.25) is 0 Å². The molecule has 2 rings (SSSR count). The van der Waals surface area contributed by atoms with Gasteiger partial charge in [-0.25, -0.2) is 4.79 Å². The second kappa shape index (κ2) is 13.7. The minimum absolute atomic E-state index is 0.111. The van der Waals surface area contributed by atoms with Crippen LogP contribution in [0.3, 0.4) is 0 Å². The van der Waals surface area contributed by atoms with Crippen LogP contribution in [0.4, 0.5) is 4.79 Å². The summed E-state index contributed by atoms with van der Waals surface area (Å²) >= 11 is 5.60. The summed E-state index contributed by atoms with van der Waals surface area (Å²) in [5.74, 6) is -0.111. The Morgan fingerprint density at radius 1 is 1.00 bits per heavy atom. The van der Waals surface area contributed by atoms with Gasteiger partial charge in [0, 0.05) is 12.4 Å². The van der Waals surface area contributed by atoms with Crippen molar-refractivity contribution in [2.45, 2.75) is 68.3 Å². The molecular formula is C19H32ClN3O12. The van der Waals surface area contributed by atoms with Crippen molar-refractivity contribution in [1.82, 2.24) is 9.91 Å². The van der Waals surface area contributed by atoms with Gasteiger partial charge in [0.1, 0.15) is 48.8 Å². The topological polar surface area (TPSA) is 222 Å². The van der Waals surface area contributed by atoms with Gasteiger partial charge in [-0.3, -0.25) is 4.90 Å². The molecule has 202 valence electrons. The molecule has 0 aliphatic carbocycles. The number of carbonyl (C=O) groups is 1. The zero-order valence-electron chi connectivity index (χ0n) is 18.9. The van der Waals surface area contributed by atoms with Gasteiger partial charge in [0.25, 0.3) is 0 Å². The van der Waals surface area contributed by atoms with Gasteiger partial charge in [-0.05, 0) is 6.92 Å². The lowest BCUT2D eigenvalue weighted by atomic mass is 9.96. The number of carbonyl (C=O) groups excluding carboxylic acids is 1. The van der Waals surface area contributed by atoms with Crippen LogP contribution in [0.2, 0.25) is 0 Å². The van der Waals surface area contributed by atoms with Crippen LogP contribution < -0.4 is 0 Å². The Morgan fingerprint density at radius 2 is 1.66 bits per heavy atom. The minimum atomic E-state index is -1.84. The van der Waals surface area contributed by atoms with Gasteiger partial charge in [-0.1, -0.05) is 12.2 Å². The third-order valence-electron chi connectivity index (χ3n) is 5.69. The first-order valence-electron chi connectivity index (χ1n) is 10.8. The van der Waals surface area contributed by atoms with Crippen LogP contribution in [0.15, 0.2) is 17.4 Å². The zero-order valence-corrected chi connectivity index (χ0v) is 19.6. The molecule has 2 fully saturated rings. The second-order valence-corrected chi connectivity index (χ2v) is 8.30. The van der Waals surface area contributed by atoms with Gasteiger partial charge in [-0.2, -0.15) is 5.01 Å². The van der Waals surface area contributed by atoms with E-state index in [9.17, 15) is 45.4 Å². The molecule has 0 aromatic rings. The molecular weight excluding hydrogens is 498 g/mol. The van der Waals surface area contributed by atoms with E-state index in [-0.39, 0.29) is 19.0 Å². The fraction of sp³-hybridized carbons (Fsp3) is 0.842. The van der Waals surface area contributed by atoms with Crippen molar-refractivity contribution in [3.05, 3.63) is 17.1 Å². The lowest BCUT2D eigenvalue weighted by Crippen LogP contribution is -2.67. The molecule has 2 saturated heterocycles. The number of nitrogens with zero attached hydrogens (tertiary/aromatic N) is 3. The highest BCUT2D eigenvalue weighted by atomic mass is 35.5. The Balaban J connectivity index is 2.27. The number of rotatable bonds is 10. The van der Waals surface area contributed by atoms with Crippen molar-refractivity contribution in [2.75, 3.05) is 32.2 Å². The fourth-order valence-electron chi connectivity index (χ4n) is 3.74. The number of halogens is 1. The van der Waals surface area contributed by atoms with Gasteiger partial charge in [0.05, 0.1) is 25.0 Å². The molecule has 0 radical (unpaired) electrons. The summed E-state index contributed by atoms with van der Waals surface area (Å²) in [5, 5.41) is 73.9. The molecule has 0 saturated carbocycles. The van der Waals surface area contributed by atoms with Crippen molar-refractivity contribution >= 4 is 17.6 Å². The van der Waals surface area contributed by atoms with E-state index < -0.39 is 80.6 Å². The molecule has 0 aromatic heterocycles. The molecule has 15 nitrogen and oxygen atoms in total. The van der Waals surface area contributed by atoms with Crippen LogP contribution in [-0.2, 0) is 14.2 Å². The van der Waals surface area contributed by atoms with Crippen LogP contribution >= 0.6 is 11.6 Å². The molecule has 2 heterocycles. The predicted octanol–water partition coefficient (Wildman–Crippen LogP) is -3.17. The fourth-order valence-corrected chi connectivity index (χ4v) is 3.90. The van der Waals surface area contributed by atoms with Crippen molar-refractivity contribution in [3.8, 4) is 0 Å². The standard InChI is InChI=1S/C19H32ClN3O12/c1-2-3-5-22(19(31)23(21-32)6-4-20)17-14(29)13(28)16(10(8-25)33-17)35-18-15(30)12(27)11(26)9(7-24)34-18/h2-3,9-18,24-30H,4-8H2,1H3/t9-,10-,11-,12+,13-,14-,15-,16-,17?,18-/m1/s1. The molecule has 10 atom stereocenters. The number of amides is 2. The number of nitroso groups, excluding NO2 is 1. The second-order valence-electron chi connectivity index (χ2n) is 7.92. The summed E-state index contributed by atoms with van der Waals surface area (Å²) in [6.45, 7) is -0.271. The average molecular weight is 530 g/mol. The highest BCUT2D eigenvalue weighted by Crippen LogP contribution is 2.30. The minimum Gasteiger partial charge on any atom is -0.394 e. The van der Waals surface area contributed by atoms with Gasteiger partial charge < -0.3 is 50.0 Å². The van der Waals surface area contributed by atoms with Gasteiger partial charge >= 0.3 is 6.03 Å². The molecule has 0 bridgehead atoms. The maximum Gasteiger partial charge on any atom is 0.345 e. The van der Waals surface area contributed by atoms with Gasteiger partial charge in [0.15, 0.2) is 12.5 Å². The molecule has 2 aliphatic rings. The Hall–Kier alpha value is -1.50. The Labute approximate surface area is 205 Å². The number of urea groups is 1. The Kier molecular flexibility index (Phi) is 11.6. The maximum atomic E-state index is 12.9. The van der Waals surface area contributed by atoms with E-state index in [4.69, 9.17) is 25.8 Å². The molecule has 2 aliphatic heterocycles. The monoisotopic (exact) mass is 529 g/mol. The summed E-state index contributed by atoms with van der Waals surface area (Å²) in [6, 6.07) is -0.986. The normalized spacial score (nSPS) is 37.9. The third-order valence-corrected chi connectivity index (χ3v) is 5.85. The Bertz CT molecular complexity index is 717. The van der Waals surface area contributed by atoms with E-state index in [1.54, 1.807) is 13.0 Å². The van der Waals surface area contributed by atoms with E-state index in [0.717, 1.165) is 4.90 Å². The number of aliphatic hydroxyl groups is 7. The highest BCUT2D eigenvalue weighted by molar-refractivity contribution is 6.18. The number of ether oxygens (including phenoxy) is 3. The first-order valence-corrected chi connectivity index (χ1v) is 11.4. The number of aliphatic hydroxyl groups excluding tert-OH is 7. The molecule has 16 heteroatoms. The van der Waals surface area contributed by atoms with E-state index in [1.807, 2.05) is 0 Å². The zero-order chi connectivity index (χ0) is 26.3. The van der Waals surface area contributed by atoms with Crippen LogP contribution in [0, 0.1) is 4.91 Å². The predicted molar refractivity (Wildman–Crippen MR) is 117 cm³/mol. The van der Waals surface area contributed by atoms with Crippen LogP contribution in [-0.4, -0.2) is 145 Å². The first kappa shape index (κ1) is 29.7. The molecule has 2 amide bonds. The number of alkyl halides is 1. The lowest BCUT2D eigenvalue weighted by Gasteiger charge is -2.48. The molecule has 0 aromatic carbocycles. The number of allylic oxidation sites excluding steroid dienone is 1. The van der Waals surface area contributed by atoms with Crippen LogP contribution in [0.5, 0.6) is 0 Å². The smallest absolute Gasteiger partial charge is 0.345 e. The largest absolute Gasteiger partial charge is 0.394 e. The van der Waals surface area contributed by atoms with Crippen molar-refractivity contribution in [2.24, 2.45) is 5.29 Å². The van der Waals surface area contributed by atoms with E-state index in [1.165, 1.54) is 6.08 Å². The van der Waals surface area contributed by atoms with E-state index in [2.05, 4.69) is 5.29 Å². The number of hydrogen-bond acceptors (Lipinski definition) is 13. The summed E-state index contributed by atoms with van der Waals surface area (Å²) in [5.41, 5.74) is 0. The molecule has 1 unspecified atom stereocenters. The third kappa shape index (κ3) is 6.64. The van der Waals surface area contributed by atoms with Crippen LogP contribution in [0.1, 0.15) is 6.92 Å². The average Bonchev–Trinajstić information content (AvgIpc) is 2.86. The lowest BCUT2D eigenvalue weighted by molar-refractivity contribution is -0.347. The highest BCUT2D eigenvalue weighted by Gasteiger charge is 2.52. The summed E-state index contributed by atoms with van der Waals surface area (Å²) in [7, 11) is 0. The van der Waals surface area contributed by atoms with Crippen molar-refractivity contribution in [3.63, 3.8) is 0 Å².